The van der Waals surface area contributed by atoms with Crippen LogP contribution < -0.4 is 11.1 Å². The van der Waals surface area contributed by atoms with Crippen molar-refractivity contribution in [3.8, 4) is 0 Å². The number of fused-ring (bicyclic) bond motifs is 2. The molecular weight excluding hydrogens is 608 g/mol. The maximum Gasteiger partial charge on any atom is 0.338 e. The maximum atomic E-state index is 15.0. The van der Waals surface area contributed by atoms with E-state index in [4.69, 9.17) is 4.74 Å². The van der Waals surface area contributed by atoms with Crippen LogP contribution in [0.15, 0.2) is 88.5 Å². The fraction of sp³-hybridized carbons (Fsp3) is 0.558. The van der Waals surface area contributed by atoms with Gasteiger partial charge in [0.05, 0.1) is 27.4 Å². The lowest BCUT2D eigenvalue weighted by Gasteiger charge is -2.72. The molecule has 3 fully saturated rings. The number of benzene rings is 2. The predicted octanol–water partition coefficient (Wildman–Crippen LogP) is 8.48. The van der Waals surface area contributed by atoms with Crippen molar-refractivity contribution in [3.63, 3.8) is 0 Å². The zero-order valence-corrected chi connectivity index (χ0v) is 30.0. The summed E-state index contributed by atoms with van der Waals surface area (Å²) in [6, 6.07) is 16.5. The molecule has 0 N–H and O–H groups in total. The molecule has 1 aromatic heterocycles. The predicted molar refractivity (Wildman–Crippen MR) is 195 cm³/mol. The minimum absolute atomic E-state index is 0.0216. The van der Waals surface area contributed by atoms with Crippen LogP contribution in [0.1, 0.15) is 96.8 Å². The van der Waals surface area contributed by atoms with E-state index in [9.17, 15) is 9.59 Å². The van der Waals surface area contributed by atoms with E-state index in [0.717, 1.165) is 38.5 Å². The zero-order valence-electron chi connectivity index (χ0n) is 30.0. The van der Waals surface area contributed by atoms with Crippen molar-refractivity contribution < 1.29 is 9.53 Å². The highest BCUT2D eigenvalue weighted by Gasteiger charge is 2.74. The Hall–Kier alpha value is -3.67. The van der Waals surface area contributed by atoms with Crippen molar-refractivity contribution in [1.82, 2.24) is 9.36 Å². The van der Waals surface area contributed by atoms with Crippen LogP contribution in [0.4, 0.5) is 0 Å². The highest BCUT2D eigenvalue weighted by Crippen LogP contribution is 2.74. The van der Waals surface area contributed by atoms with Crippen LogP contribution in [0.25, 0.3) is 10.8 Å². The van der Waals surface area contributed by atoms with Crippen molar-refractivity contribution >= 4 is 16.7 Å². The van der Waals surface area contributed by atoms with E-state index in [2.05, 4.69) is 65.8 Å². The summed E-state index contributed by atoms with van der Waals surface area (Å²) in [6.07, 6.45) is 15.5. The minimum atomic E-state index is -0.783. The van der Waals surface area contributed by atoms with E-state index >= 15 is 4.79 Å². The van der Waals surface area contributed by atoms with Gasteiger partial charge in [-0.3, -0.25) is 9.59 Å². The summed E-state index contributed by atoms with van der Waals surface area (Å²) in [5.74, 6) is 2.15. The van der Waals surface area contributed by atoms with Gasteiger partial charge in [0, 0.05) is 11.8 Å². The number of carbonyl (C=O) groups is 1. The van der Waals surface area contributed by atoms with Crippen LogP contribution in [0.2, 0.25) is 0 Å². The first kappa shape index (κ1) is 32.5. The number of ether oxygens (including phenoxy) is 1. The molecule has 4 aliphatic carbocycles. The highest BCUT2D eigenvalue weighted by atomic mass is 16.5. The smallest absolute Gasteiger partial charge is 0.338 e. The third-order valence-electron chi connectivity index (χ3n) is 14.8. The van der Waals surface area contributed by atoms with E-state index in [1.165, 1.54) is 0 Å². The number of hydrogen-bond acceptors (Lipinski definition) is 4. The standard InChI is InChI=1S/C43H52N2O4/c1-27(2)28(3)16-17-29(4)34-18-19-35-40(34,5)22-21-36-41(6)23-20-31(49-39(48)30-12-8-7-9-13-30)26-42(41)24-25-43(35,36)45-38(47)33-15-11-10-14-32(33)37(46)44(42)45/h7-17,24-25,27-29,31,34-36H,18-23,26H2,1-6H3/b17-16+/t28-,29+,31-,34+,35+,36+,40+,41+,42-,43+/m0/s1. The lowest BCUT2D eigenvalue weighted by Crippen LogP contribution is -2.78. The fourth-order valence-electron chi connectivity index (χ4n) is 11.9. The zero-order chi connectivity index (χ0) is 34.5. The van der Waals surface area contributed by atoms with Crippen LogP contribution >= 0.6 is 0 Å². The molecule has 2 aliphatic heterocycles. The first-order valence-corrected chi connectivity index (χ1v) is 18.8. The van der Waals surface area contributed by atoms with Gasteiger partial charge in [-0.2, -0.15) is 0 Å². The Labute approximate surface area is 290 Å². The molecule has 3 saturated carbocycles. The third-order valence-corrected chi connectivity index (χ3v) is 14.8. The Balaban J connectivity index is 1.28. The lowest BCUT2D eigenvalue weighted by atomic mass is 9.40. The molecule has 0 amide bonds. The van der Waals surface area contributed by atoms with Crippen molar-refractivity contribution in [3.05, 3.63) is 105 Å². The average molecular weight is 661 g/mol. The van der Waals surface area contributed by atoms with Crippen LogP contribution in [0.3, 0.4) is 0 Å². The quantitative estimate of drug-likeness (QED) is 0.197. The molecule has 2 aromatic carbocycles. The van der Waals surface area contributed by atoms with E-state index in [1.807, 2.05) is 45.8 Å². The van der Waals surface area contributed by atoms with Crippen molar-refractivity contribution in [1.29, 1.82) is 0 Å². The summed E-state index contributed by atoms with van der Waals surface area (Å²) >= 11 is 0. The number of aromatic nitrogens is 2. The van der Waals surface area contributed by atoms with Crippen LogP contribution in [0.5, 0.6) is 0 Å². The van der Waals surface area contributed by atoms with Crippen LogP contribution in [-0.4, -0.2) is 21.4 Å². The topological polar surface area (TPSA) is 70.3 Å². The fourth-order valence-corrected chi connectivity index (χ4v) is 11.9. The number of allylic oxidation sites excluding steroid dienone is 4. The van der Waals surface area contributed by atoms with Crippen molar-refractivity contribution in [2.75, 3.05) is 0 Å². The maximum absolute atomic E-state index is 15.0. The number of esters is 1. The molecule has 6 aliphatic rings. The van der Waals surface area contributed by atoms with Crippen molar-refractivity contribution in [2.24, 2.45) is 46.3 Å². The van der Waals surface area contributed by atoms with Gasteiger partial charge in [-0.25, -0.2) is 14.2 Å². The summed E-state index contributed by atoms with van der Waals surface area (Å²) in [7, 11) is 0. The third kappa shape index (κ3) is 4.27. The first-order chi connectivity index (χ1) is 23.4. The SMILES string of the molecule is CC(C)[C@@H](C)/C=C/[C@@H](C)[C@H]1CC[C@@H]2[C@]1(C)CC[C@H]1[C@@]23C=C[C@@]2(C[C@@H](OC(=O)c4ccccc4)CC[C@]12C)n1c(=O)c2ccccc2c(=O)n13. The number of hydrogen-bond donors (Lipinski definition) is 0. The largest absolute Gasteiger partial charge is 0.459 e. The van der Waals surface area contributed by atoms with Crippen LogP contribution in [0, 0.1) is 46.3 Å². The van der Waals surface area contributed by atoms with Gasteiger partial charge in [-0.1, -0.05) is 96.2 Å². The van der Waals surface area contributed by atoms with Gasteiger partial charge in [0.15, 0.2) is 0 Å². The number of rotatable bonds is 6. The minimum Gasteiger partial charge on any atom is -0.459 e. The van der Waals surface area contributed by atoms with Gasteiger partial charge >= 0.3 is 5.97 Å². The van der Waals surface area contributed by atoms with Gasteiger partial charge in [0.2, 0.25) is 0 Å². The summed E-state index contributed by atoms with van der Waals surface area (Å²) in [5.41, 5.74) is -1.29. The summed E-state index contributed by atoms with van der Waals surface area (Å²) < 4.78 is 10.1. The first-order valence-electron chi connectivity index (χ1n) is 18.8. The summed E-state index contributed by atoms with van der Waals surface area (Å²) in [4.78, 5) is 43.3. The molecule has 3 aromatic rings. The molecule has 9 rings (SSSR count). The van der Waals surface area contributed by atoms with Gasteiger partial charge in [-0.15, -0.1) is 0 Å². The number of carbonyl (C=O) groups excluding carboxylic acids is 1. The van der Waals surface area contributed by atoms with Gasteiger partial charge < -0.3 is 4.74 Å². The lowest BCUT2D eigenvalue weighted by molar-refractivity contribution is -0.201. The Morgan fingerprint density at radius 3 is 2.16 bits per heavy atom. The Morgan fingerprint density at radius 1 is 0.796 bits per heavy atom. The van der Waals surface area contributed by atoms with Crippen molar-refractivity contribution in [2.45, 2.75) is 104 Å². The van der Waals surface area contributed by atoms with Gasteiger partial charge in [0.25, 0.3) is 11.1 Å². The molecule has 49 heavy (non-hydrogen) atoms. The summed E-state index contributed by atoms with van der Waals surface area (Å²) in [5, 5.41) is 0.971. The van der Waals surface area contributed by atoms with E-state index in [1.54, 1.807) is 18.2 Å². The molecule has 2 spiro atoms. The molecule has 2 bridgehead atoms. The van der Waals surface area contributed by atoms with Gasteiger partial charge in [-0.05, 0) is 104 Å². The van der Waals surface area contributed by atoms with E-state index < -0.39 is 11.1 Å². The molecule has 0 saturated heterocycles. The second-order valence-electron chi connectivity index (χ2n) is 17.2. The number of nitrogens with zero attached hydrogens (tertiary/aromatic N) is 2. The Bertz CT molecular complexity index is 1990. The van der Waals surface area contributed by atoms with E-state index in [0.29, 0.717) is 46.4 Å². The summed E-state index contributed by atoms with van der Waals surface area (Å²) in [6.45, 7) is 14.2. The van der Waals surface area contributed by atoms with E-state index in [-0.39, 0.29) is 45.9 Å². The highest BCUT2D eigenvalue weighted by molar-refractivity contribution is 5.89. The second-order valence-corrected chi connectivity index (χ2v) is 17.2. The molecule has 6 nitrogen and oxygen atoms in total. The molecular formula is C43H52N2O4. The second kappa shape index (κ2) is 11.2. The molecule has 0 radical (unpaired) electrons. The van der Waals surface area contributed by atoms with Crippen LogP contribution in [-0.2, 0) is 15.8 Å². The molecule has 6 heteroatoms. The molecule has 258 valence electrons. The monoisotopic (exact) mass is 660 g/mol. The molecule has 10 atom stereocenters. The van der Waals surface area contributed by atoms with Gasteiger partial charge in [0.1, 0.15) is 6.10 Å². The Morgan fingerprint density at radius 2 is 1.47 bits per heavy atom. The Kier molecular flexibility index (Phi) is 7.41. The molecule has 0 unspecified atom stereocenters. The normalized spacial score (nSPS) is 37.0. The average Bonchev–Trinajstić information content (AvgIpc) is 3.47. The molecule has 3 heterocycles.